The number of nitrogens with two attached hydrogens (primary N) is 1. The molecule has 7 nitrogen and oxygen atoms in total. The molecule has 2 aromatic heterocycles. The summed E-state index contributed by atoms with van der Waals surface area (Å²) in [6.07, 6.45) is 0. The summed E-state index contributed by atoms with van der Waals surface area (Å²) in [4.78, 5) is 21.2. The molecule has 2 heterocycles. The van der Waals surface area contributed by atoms with Gasteiger partial charge in [0.15, 0.2) is 20.6 Å². The monoisotopic (exact) mass is 401 g/mol. The Kier molecular flexibility index (Phi) is 7.18. The molecule has 2 N–H and O–H groups in total. The third kappa shape index (κ3) is 5.51. The highest BCUT2D eigenvalue weighted by molar-refractivity contribution is 6.68. The molecule has 22 heavy (non-hydrogen) atoms. The molecule has 0 radical (unpaired) electrons. The number of carbonyl (C=O) groups excluding carboxylic acids is 2. The van der Waals surface area contributed by atoms with E-state index >= 15 is 0 Å². The van der Waals surface area contributed by atoms with Gasteiger partial charge in [0, 0.05) is 0 Å². The van der Waals surface area contributed by atoms with Gasteiger partial charge in [-0.2, -0.15) is 0 Å². The van der Waals surface area contributed by atoms with Crippen molar-refractivity contribution in [2.24, 2.45) is 5.73 Å². The second kappa shape index (κ2) is 8.40. The maximum absolute atomic E-state index is 10.6. The van der Waals surface area contributed by atoms with E-state index in [1.54, 1.807) is 0 Å². The third-order valence-electron chi connectivity index (χ3n) is 1.92. The van der Waals surface area contributed by atoms with Crippen molar-refractivity contribution in [1.29, 1.82) is 0 Å². The first kappa shape index (κ1) is 18.8. The highest BCUT2D eigenvalue weighted by Crippen LogP contribution is 2.17. The van der Waals surface area contributed by atoms with Crippen LogP contribution < -0.4 is 5.73 Å². The fraction of sp³-hybridized carbons (Fsp3) is 0. The molecular formula is C10H4Cl5N5O2. The largest absolute Gasteiger partial charge is 0.366 e. The Morgan fingerprint density at radius 2 is 1.23 bits per heavy atom. The van der Waals surface area contributed by atoms with Crippen LogP contribution in [0.15, 0.2) is 12.1 Å². The lowest BCUT2D eigenvalue weighted by Gasteiger charge is -1.95. The Morgan fingerprint density at radius 1 is 0.818 bits per heavy atom. The Labute approximate surface area is 148 Å². The minimum atomic E-state index is -0.702. The normalized spacial score (nSPS) is 9.68. The zero-order valence-corrected chi connectivity index (χ0v) is 14.0. The van der Waals surface area contributed by atoms with Crippen LogP contribution in [0.25, 0.3) is 0 Å². The second-order valence-electron chi connectivity index (χ2n) is 3.38. The Balaban J connectivity index is 0.000000220. The predicted octanol–water partition coefficient (Wildman–Crippen LogP) is 3.04. The Hall–Kier alpha value is -1.25. The van der Waals surface area contributed by atoms with Crippen LogP contribution in [0.5, 0.6) is 0 Å². The number of primary amides is 1. The van der Waals surface area contributed by atoms with Crippen LogP contribution in [0.4, 0.5) is 0 Å². The van der Waals surface area contributed by atoms with Crippen molar-refractivity contribution in [2.75, 3.05) is 0 Å². The maximum atomic E-state index is 10.6. The molecule has 0 spiro atoms. The van der Waals surface area contributed by atoms with Gasteiger partial charge in [0.25, 0.3) is 11.1 Å². The topological polar surface area (TPSA) is 112 Å². The SMILES string of the molecule is NC(=O)c1cc(Cl)nnc1Cl.O=C(Cl)c1cc(Cl)nnc1Cl. The maximum Gasteiger partial charge on any atom is 0.255 e. The van der Waals surface area contributed by atoms with E-state index < -0.39 is 11.1 Å². The summed E-state index contributed by atoms with van der Waals surface area (Å²) in [5, 5.41) is 12.9. The minimum absolute atomic E-state index is 0.0399. The molecule has 0 fully saturated rings. The smallest absolute Gasteiger partial charge is 0.255 e. The van der Waals surface area contributed by atoms with Gasteiger partial charge in [-0.15, -0.1) is 20.4 Å². The van der Waals surface area contributed by atoms with Gasteiger partial charge >= 0.3 is 0 Å². The average molecular weight is 403 g/mol. The van der Waals surface area contributed by atoms with Crippen molar-refractivity contribution in [3.8, 4) is 0 Å². The number of rotatable bonds is 2. The molecule has 116 valence electrons. The lowest BCUT2D eigenvalue weighted by molar-refractivity contribution is 0.0999. The van der Waals surface area contributed by atoms with Gasteiger partial charge in [0.1, 0.15) is 0 Å². The van der Waals surface area contributed by atoms with Crippen LogP contribution in [-0.2, 0) is 0 Å². The fourth-order valence-electron chi connectivity index (χ4n) is 1.02. The first-order valence-corrected chi connectivity index (χ1v) is 6.98. The number of hydrogen-bond donors (Lipinski definition) is 1. The van der Waals surface area contributed by atoms with Crippen LogP contribution >= 0.6 is 58.0 Å². The Bertz CT molecular complexity index is 665. The van der Waals surface area contributed by atoms with Gasteiger partial charge in [-0.1, -0.05) is 46.4 Å². The molecule has 0 aliphatic rings. The van der Waals surface area contributed by atoms with Crippen LogP contribution in [0.3, 0.4) is 0 Å². The number of carbonyl (C=O) groups is 2. The number of amides is 1. The third-order valence-corrected chi connectivity index (χ3v) is 3.05. The standard InChI is InChI=1S/C5HCl3N2O.C5H3Cl2N3O/c2*6-3-1-2(5(8)11)4(7)10-9-3/h1H;1H,(H2,8,11). The van der Waals surface area contributed by atoms with E-state index in [4.69, 9.17) is 63.7 Å². The van der Waals surface area contributed by atoms with E-state index in [0.29, 0.717) is 0 Å². The molecule has 0 unspecified atom stereocenters. The molecule has 0 saturated carbocycles. The van der Waals surface area contributed by atoms with Crippen molar-refractivity contribution in [3.63, 3.8) is 0 Å². The van der Waals surface area contributed by atoms with Gasteiger partial charge in [-0.05, 0) is 23.7 Å². The molecule has 2 rings (SSSR count). The summed E-state index contributed by atoms with van der Waals surface area (Å²) >= 11 is 26.9. The summed E-state index contributed by atoms with van der Waals surface area (Å²) in [7, 11) is 0. The number of hydrogen-bond acceptors (Lipinski definition) is 6. The van der Waals surface area contributed by atoms with Gasteiger partial charge in [0.2, 0.25) is 0 Å². The summed E-state index contributed by atoms with van der Waals surface area (Å²) in [6, 6.07) is 2.52. The average Bonchev–Trinajstić information content (AvgIpc) is 2.44. The predicted molar refractivity (Wildman–Crippen MR) is 82.8 cm³/mol. The highest BCUT2D eigenvalue weighted by atomic mass is 35.5. The van der Waals surface area contributed by atoms with Crippen molar-refractivity contribution in [2.45, 2.75) is 0 Å². The molecule has 0 aromatic carbocycles. The van der Waals surface area contributed by atoms with Crippen molar-refractivity contribution >= 4 is 69.2 Å². The minimum Gasteiger partial charge on any atom is -0.366 e. The van der Waals surface area contributed by atoms with Gasteiger partial charge in [-0.3, -0.25) is 9.59 Å². The van der Waals surface area contributed by atoms with Gasteiger partial charge in [-0.25, -0.2) is 0 Å². The van der Waals surface area contributed by atoms with E-state index in [0.717, 1.165) is 0 Å². The first-order valence-electron chi connectivity index (χ1n) is 5.09. The molecule has 2 aromatic rings. The second-order valence-corrected chi connectivity index (χ2v) is 5.21. The van der Waals surface area contributed by atoms with Gasteiger partial charge in [0.05, 0.1) is 11.1 Å². The van der Waals surface area contributed by atoms with Crippen molar-refractivity contribution < 1.29 is 9.59 Å². The quantitative estimate of drug-likeness (QED) is 0.772. The molecule has 1 amide bonds. The van der Waals surface area contributed by atoms with E-state index in [1.165, 1.54) is 12.1 Å². The summed E-state index contributed by atoms with van der Waals surface area (Å²) < 4.78 is 0. The molecule has 12 heteroatoms. The number of aromatic nitrogens is 4. The molecule has 0 bridgehead atoms. The van der Waals surface area contributed by atoms with E-state index in [1.807, 2.05) is 0 Å². The summed E-state index contributed by atoms with van der Waals surface area (Å²) in [5.41, 5.74) is 5.07. The lowest BCUT2D eigenvalue weighted by atomic mass is 10.3. The molecule has 0 saturated heterocycles. The molecule has 0 aliphatic carbocycles. The molecule has 0 atom stereocenters. The summed E-state index contributed by atoms with van der Waals surface area (Å²) in [5.74, 6) is -0.674. The van der Waals surface area contributed by atoms with Gasteiger partial charge < -0.3 is 5.73 Å². The fourth-order valence-corrected chi connectivity index (χ4v) is 1.87. The summed E-state index contributed by atoms with van der Waals surface area (Å²) in [6.45, 7) is 0. The lowest BCUT2D eigenvalue weighted by Crippen LogP contribution is -2.12. The number of halogens is 5. The highest BCUT2D eigenvalue weighted by Gasteiger charge is 2.10. The van der Waals surface area contributed by atoms with Crippen LogP contribution in [0, 0.1) is 0 Å². The van der Waals surface area contributed by atoms with Crippen molar-refractivity contribution in [3.05, 3.63) is 43.9 Å². The van der Waals surface area contributed by atoms with Crippen molar-refractivity contribution in [1.82, 2.24) is 20.4 Å². The first-order chi connectivity index (χ1) is 10.2. The Morgan fingerprint density at radius 3 is 1.55 bits per heavy atom. The van der Waals surface area contributed by atoms with Crippen LogP contribution in [0.2, 0.25) is 20.6 Å². The van der Waals surface area contributed by atoms with E-state index in [9.17, 15) is 9.59 Å². The van der Waals surface area contributed by atoms with Crippen LogP contribution in [0.1, 0.15) is 20.7 Å². The van der Waals surface area contributed by atoms with E-state index in [2.05, 4.69) is 20.4 Å². The van der Waals surface area contributed by atoms with Crippen LogP contribution in [-0.4, -0.2) is 31.5 Å². The zero-order chi connectivity index (χ0) is 16.9. The number of nitrogens with zero attached hydrogens (tertiary/aromatic N) is 4. The zero-order valence-electron chi connectivity index (χ0n) is 10.2. The van der Waals surface area contributed by atoms with E-state index in [-0.39, 0.29) is 31.7 Å². The molecular weight excluding hydrogens is 399 g/mol. The molecule has 0 aliphatic heterocycles.